The van der Waals surface area contributed by atoms with Crippen molar-refractivity contribution in [1.82, 2.24) is 4.90 Å². The van der Waals surface area contributed by atoms with Crippen molar-refractivity contribution >= 4 is 17.7 Å². The predicted molar refractivity (Wildman–Crippen MR) is 68.3 cm³/mol. The lowest BCUT2D eigenvalue weighted by Gasteiger charge is -2.22. The van der Waals surface area contributed by atoms with Crippen LogP contribution in [0.15, 0.2) is 0 Å². The Hall–Kier alpha value is -0.220. The van der Waals surface area contributed by atoms with Gasteiger partial charge in [0.05, 0.1) is 0 Å². The summed E-state index contributed by atoms with van der Waals surface area (Å²) >= 11 is 1.75. The highest BCUT2D eigenvalue weighted by Gasteiger charge is 2.42. The van der Waals surface area contributed by atoms with Crippen LogP contribution >= 0.6 is 11.8 Å². The molecule has 4 unspecified atom stereocenters. The van der Waals surface area contributed by atoms with Crippen LogP contribution in [-0.2, 0) is 4.79 Å². The van der Waals surface area contributed by atoms with Gasteiger partial charge in [0.15, 0.2) is 0 Å². The van der Waals surface area contributed by atoms with Gasteiger partial charge in [0.2, 0.25) is 5.91 Å². The molecule has 1 aliphatic carbocycles. The lowest BCUT2D eigenvalue weighted by Crippen LogP contribution is -2.37. The summed E-state index contributed by atoms with van der Waals surface area (Å²) in [5.41, 5.74) is 6.07. The number of nitrogens with zero attached hydrogens (tertiary/aromatic N) is 1. The van der Waals surface area contributed by atoms with Crippen molar-refractivity contribution in [2.24, 2.45) is 23.5 Å². The minimum Gasteiger partial charge on any atom is -0.342 e. The maximum atomic E-state index is 12.1. The summed E-state index contributed by atoms with van der Waals surface area (Å²) in [6, 6.07) is 0.332. The van der Waals surface area contributed by atoms with Crippen LogP contribution in [0.25, 0.3) is 0 Å². The van der Waals surface area contributed by atoms with Crippen LogP contribution in [0.1, 0.15) is 19.8 Å². The van der Waals surface area contributed by atoms with E-state index >= 15 is 0 Å². The molecule has 0 spiro atoms. The van der Waals surface area contributed by atoms with E-state index in [1.54, 1.807) is 11.8 Å². The van der Waals surface area contributed by atoms with Gasteiger partial charge in [-0.05, 0) is 30.9 Å². The van der Waals surface area contributed by atoms with E-state index in [0.29, 0.717) is 23.8 Å². The van der Waals surface area contributed by atoms with E-state index in [1.165, 1.54) is 6.42 Å². The Morgan fingerprint density at radius 3 is 2.88 bits per heavy atom. The van der Waals surface area contributed by atoms with Gasteiger partial charge >= 0.3 is 0 Å². The van der Waals surface area contributed by atoms with Crippen LogP contribution in [0.4, 0.5) is 0 Å². The first kappa shape index (κ1) is 12.2. The van der Waals surface area contributed by atoms with Crippen LogP contribution in [0.2, 0.25) is 0 Å². The molecule has 1 aliphatic heterocycles. The van der Waals surface area contributed by atoms with Crippen molar-refractivity contribution in [2.45, 2.75) is 25.8 Å². The fraction of sp³-hybridized carbons (Fsp3) is 0.917. The number of rotatable bonds is 3. The van der Waals surface area contributed by atoms with Gasteiger partial charge in [-0.3, -0.25) is 4.79 Å². The quantitative estimate of drug-likeness (QED) is 0.808. The molecule has 0 aromatic rings. The van der Waals surface area contributed by atoms with E-state index in [1.807, 2.05) is 6.92 Å². The van der Waals surface area contributed by atoms with Crippen molar-refractivity contribution in [3.8, 4) is 0 Å². The molecule has 2 aliphatic rings. The third-order valence-electron chi connectivity index (χ3n) is 4.06. The molecule has 0 bridgehead atoms. The number of thioether (sulfide) groups is 1. The fourth-order valence-electron chi connectivity index (χ4n) is 3.12. The largest absolute Gasteiger partial charge is 0.342 e. The first-order valence-corrected chi connectivity index (χ1v) is 7.56. The first-order valence-electron chi connectivity index (χ1n) is 6.16. The molecule has 3 nitrogen and oxygen atoms in total. The number of amides is 1. The molecule has 1 saturated carbocycles. The Morgan fingerprint density at radius 1 is 1.50 bits per heavy atom. The summed E-state index contributed by atoms with van der Waals surface area (Å²) in [7, 11) is 0. The third-order valence-corrected chi connectivity index (χ3v) is 4.90. The molecule has 1 heterocycles. The standard InChI is InChI=1S/C12H22N2OS/c1-8(7-16-2)12(15)14-5-9-3-4-11(13)10(9)6-14/h8-11H,3-7,13H2,1-2H3. The van der Waals surface area contributed by atoms with Crippen molar-refractivity contribution in [3.63, 3.8) is 0 Å². The van der Waals surface area contributed by atoms with E-state index < -0.39 is 0 Å². The topological polar surface area (TPSA) is 46.3 Å². The van der Waals surface area contributed by atoms with E-state index in [0.717, 1.165) is 25.3 Å². The molecule has 0 aromatic carbocycles. The molecule has 0 aromatic heterocycles. The molecule has 4 atom stereocenters. The van der Waals surface area contributed by atoms with E-state index in [9.17, 15) is 4.79 Å². The van der Waals surface area contributed by atoms with E-state index in [-0.39, 0.29) is 5.92 Å². The van der Waals surface area contributed by atoms with E-state index in [2.05, 4.69) is 11.2 Å². The molecule has 2 fully saturated rings. The van der Waals surface area contributed by atoms with Crippen molar-refractivity contribution in [3.05, 3.63) is 0 Å². The Balaban J connectivity index is 1.91. The molecule has 1 amide bonds. The maximum Gasteiger partial charge on any atom is 0.226 e. The highest BCUT2D eigenvalue weighted by atomic mass is 32.2. The minimum absolute atomic E-state index is 0.157. The number of carbonyl (C=O) groups is 1. The zero-order valence-corrected chi connectivity index (χ0v) is 11.0. The van der Waals surface area contributed by atoms with Gasteiger partial charge < -0.3 is 10.6 Å². The second-order valence-corrected chi connectivity index (χ2v) is 6.18. The molecule has 4 heteroatoms. The zero-order chi connectivity index (χ0) is 11.7. The smallest absolute Gasteiger partial charge is 0.226 e. The monoisotopic (exact) mass is 242 g/mol. The molecular weight excluding hydrogens is 220 g/mol. The number of fused-ring (bicyclic) bond motifs is 1. The SMILES string of the molecule is CSCC(C)C(=O)N1CC2CCC(N)C2C1. The molecule has 2 N–H and O–H groups in total. The lowest BCUT2D eigenvalue weighted by molar-refractivity contribution is -0.133. The van der Waals surface area contributed by atoms with Crippen LogP contribution in [0, 0.1) is 17.8 Å². The Morgan fingerprint density at radius 2 is 2.25 bits per heavy atom. The van der Waals surface area contributed by atoms with Gasteiger partial charge in [-0.2, -0.15) is 11.8 Å². The summed E-state index contributed by atoms with van der Waals surface area (Å²) in [5.74, 6) is 2.67. The van der Waals surface area contributed by atoms with Crippen LogP contribution < -0.4 is 5.73 Å². The van der Waals surface area contributed by atoms with Crippen molar-refractivity contribution in [1.29, 1.82) is 0 Å². The Bertz CT molecular complexity index is 272. The average Bonchev–Trinajstić information content (AvgIpc) is 2.81. The lowest BCUT2D eigenvalue weighted by atomic mass is 9.98. The van der Waals surface area contributed by atoms with Crippen LogP contribution in [0.5, 0.6) is 0 Å². The molecule has 2 rings (SSSR count). The molecule has 16 heavy (non-hydrogen) atoms. The summed E-state index contributed by atoms with van der Waals surface area (Å²) < 4.78 is 0. The molecule has 0 radical (unpaired) electrons. The highest BCUT2D eigenvalue weighted by molar-refractivity contribution is 7.98. The summed E-state index contributed by atoms with van der Waals surface area (Å²) in [5, 5.41) is 0. The molecule has 92 valence electrons. The normalized spacial score (nSPS) is 35.2. The molecular formula is C12H22N2OS. The van der Waals surface area contributed by atoms with Gasteiger partial charge in [0.25, 0.3) is 0 Å². The first-order chi connectivity index (χ1) is 7.63. The van der Waals surface area contributed by atoms with Gasteiger partial charge in [-0.15, -0.1) is 0 Å². The third kappa shape index (κ3) is 2.23. The average molecular weight is 242 g/mol. The second kappa shape index (κ2) is 4.96. The second-order valence-electron chi connectivity index (χ2n) is 5.26. The van der Waals surface area contributed by atoms with Gasteiger partial charge in [0, 0.05) is 30.8 Å². The summed E-state index contributed by atoms with van der Waals surface area (Å²) in [4.78, 5) is 14.2. The van der Waals surface area contributed by atoms with Gasteiger partial charge in [0.1, 0.15) is 0 Å². The number of hydrogen-bond acceptors (Lipinski definition) is 3. The number of hydrogen-bond donors (Lipinski definition) is 1. The Labute approximate surface area is 102 Å². The molecule has 1 saturated heterocycles. The van der Waals surface area contributed by atoms with Gasteiger partial charge in [-0.1, -0.05) is 6.92 Å². The van der Waals surface area contributed by atoms with Crippen LogP contribution in [0.3, 0.4) is 0 Å². The number of carbonyl (C=O) groups excluding carboxylic acids is 1. The Kier molecular flexibility index (Phi) is 3.80. The highest BCUT2D eigenvalue weighted by Crippen LogP contribution is 2.37. The van der Waals surface area contributed by atoms with Gasteiger partial charge in [-0.25, -0.2) is 0 Å². The fourth-order valence-corrected chi connectivity index (χ4v) is 3.76. The maximum absolute atomic E-state index is 12.1. The summed E-state index contributed by atoms with van der Waals surface area (Å²) in [6.07, 6.45) is 4.42. The predicted octanol–water partition coefficient (Wildman–Crippen LogP) is 1.18. The minimum atomic E-state index is 0.157. The van der Waals surface area contributed by atoms with E-state index in [4.69, 9.17) is 5.73 Å². The zero-order valence-electron chi connectivity index (χ0n) is 10.2. The number of likely N-dealkylation sites (tertiary alicyclic amines) is 1. The van der Waals surface area contributed by atoms with Crippen LogP contribution in [-0.4, -0.2) is 41.9 Å². The van der Waals surface area contributed by atoms with Crippen molar-refractivity contribution < 1.29 is 4.79 Å². The van der Waals surface area contributed by atoms with Crippen molar-refractivity contribution in [2.75, 3.05) is 25.1 Å². The number of nitrogens with two attached hydrogens (primary N) is 1. The summed E-state index contributed by atoms with van der Waals surface area (Å²) in [6.45, 7) is 3.90.